The van der Waals surface area contributed by atoms with Gasteiger partial charge >= 0.3 is 6.09 Å². The second kappa shape index (κ2) is 17.7. The van der Waals surface area contributed by atoms with Crippen LogP contribution in [0.5, 0.6) is 0 Å². The number of amides is 2. The van der Waals surface area contributed by atoms with Crippen molar-refractivity contribution >= 4 is 24.1 Å². The third kappa shape index (κ3) is 14.3. The molecule has 0 saturated heterocycles. The van der Waals surface area contributed by atoms with E-state index < -0.39 is 24.2 Å². The van der Waals surface area contributed by atoms with Crippen molar-refractivity contribution in [3.05, 3.63) is 35.9 Å². The third-order valence-corrected chi connectivity index (χ3v) is 6.24. The molecule has 0 aromatic heterocycles. The number of Topliss-reactive ketones (excluding diaryl/α,β-unsaturated/α-hetero) is 1. The van der Waals surface area contributed by atoms with Crippen molar-refractivity contribution in [2.45, 2.75) is 92.4 Å². The molecule has 0 spiro atoms. The van der Waals surface area contributed by atoms with Gasteiger partial charge in [0, 0.05) is 25.3 Å². The lowest BCUT2D eigenvalue weighted by Gasteiger charge is -2.28. The summed E-state index contributed by atoms with van der Waals surface area (Å²) in [5.74, 6) is -0.714. The summed E-state index contributed by atoms with van der Waals surface area (Å²) in [6.07, 6.45) is 0.746. The molecule has 3 N–H and O–H groups in total. The number of rotatable bonds is 18. The maximum absolute atomic E-state index is 13.3. The maximum Gasteiger partial charge on any atom is 0.407 e. The molecule has 1 rings (SSSR count). The topological polar surface area (TPSA) is 122 Å². The number of benzene rings is 1. The molecule has 0 saturated carbocycles. The molecule has 4 atom stereocenters. The van der Waals surface area contributed by atoms with E-state index in [9.17, 15) is 24.3 Å². The van der Waals surface area contributed by atoms with Gasteiger partial charge in [0.15, 0.2) is 0 Å². The fourth-order valence-electron chi connectivity index (χ4n) is 4.50. The van der Waals surface area contributed by atoms with Crippen LogP contribution in [0.3, 0.4) is 0 Å². The molecule has 8 nitrogen and oxygen atoms in total. The molecule has 1 aromatic rings. The van der Waals surface area contributed by atoms with Crippen LogP contribution in [0.1, 0.15) is 79.2 Å². The Morgan fingerprint density at radius 2 is 1.50 bits per heavy atom. The maximum atomic E-state index is 13.3. The normalized spacial score (nSPS) is 14.6. The van der Waals surface area contributed by atoms with Gasteiger partial charge < -0.3 is 25.3 Å². The number of aliphatic hydroxyl groups is 1. The lowest BCUT2D eigenvalue weighted by Crippen LogP contribution is -2.49. The van der Waals surface area contributed by atoms with Gasteiger partial charge in [-0.15, -0.1) is 0 Å². The molecule has 8 heteroatoms. The number of ether oxygens (including phenoxy) is 1. The van der Waals surface area contributed by atoms with E-state index in [1.165, 1.54) is 0 Å². The van der Waals surface area contributed by atoms with Gasteiger partial charge in [-0.25, -0.2) is 4.79 Å². The number of nitrogens with one attached hydrogen (secondary N) is 2. The Balaban J connectivity index is 2.76. The molecule has 0 fully saturated rings. The summed E-state index contributed by atoms with van der Waals surface area (Å²) in [7, 11) is 0. The van der Waals surface area contributed by atoms with Gasteiger partial charge in [0.2, 0.25) is 5.91 Å². The van der Waals surface area contributed by atoms with Crippen LogP contribution in [-0.2, 0) is 25.7 Å². The quantitative estimate of drug-likeness (QED) is 0.236. The second-order valence-corrected chi connectivity index (χ2v) is 11.6. The minimum absolute atomic E-state index is 0.0894. The highest BCUT2D eigenvalue weighted by Gasteiger charge is 2.29. The molecular formula is C30H48N2O6. The fourth-order valence-corrected chi connectivity index (χ4v) is 4.50. The van der Waals surface area contributed by atoms with E-state index in [4.69, 9.17) is 4.74 Å². The monoisotopic (exact) mass is 532 g/mol. The summed E-state index contributed by atoms with van der Waals surface area (Å²) >= 11 is 0. The Morgan fingerprint density at radius 1 is 0.895 bits per heavy atom. The molecule has 0 aliphatic carbocycles. The van der Waals surface area contributed by atoms with Gasteiger partial charge in [-0.3, -0.25) is 9.59 Å². The van der Waals surface area contributed by atoms with Crippen LogP contribution < -0.4 is 10.6 Å². The summed E-state index contributed by atoms with van der Waals surface area (Å²) in [5.41, 5.74) is 0.864. The second-order valence-electron chi connectivity index (χ2n) is 11.6. The predicted molar refractivity (Wildman–Crippen MR) is 148 cm³/mol. The first-order chi connectivity index (χ1) is 17.9. The van der Waals surface area contributed by atoms with E-state index in [0.717, 1.165) is 11.8 Å². The molecule has 0 heterocycles. The number of hydrogen-bond acceptors (Lipinski definition) is 6. The Labute approximate surface area is 228 Å². The summed E-state index contributed by atoms with van der Waals surface area (Å²) in [6.45, 7) is 12.2. The zero-order valence-corrected chi connectivity index (χ0v) is 23.9. The summed E-state index contributed by atoms with van der Waals surface area (Å²) in [5, 5.41) is 16.5. The molecule has 2 amide bonds. The lowest BCUT2D eigenvalue weighted by atomic mass is 9.89. The highest BCUT2D eigenvalue weighted by atomic mass is 16.5. The Hall–Kier alpha value is -2.74. The average Bonchev–Trinajstić information content (AvgIpc) is 2.84. The molecule has 38 heavy (non-hydrogen) atoms. The van der Waals surface area contributed by atoms with E-state index in [2.05, 4.69) is 10.6 Å². The van der Waals surface area contributed by atoms with Crippen LogP contribution in [0.25, 0.3) is 0 Å². The van der Waals surface area contributed by atoms with E-state index in [1.807, 2.05) is 71.9 Å². The van der Waals surface area contributed by atoms with Gasteiger partial charge in [-0.1, -0.05) is 71.9 Å². The fraction of sp³-hybridized carbons (Fsp3) is 0.667. The van der Waals surface area contributed by atoms with Gasteiger partial charge in [0.1, 0.15) is 18.7 Å². The minimum Gasteiger partial charge on any atom is -0.445 e. The van der Waals surface area contributed by atoms with Crippen LogP contribution in [0.4, 0.5) is 4.79 Å². The predicted octanol–water partition coefficient (Wildman–Crippen LogP) is 4.68. The van der Waals surface area contributed by atoms with Crippen molar-refractivity contribution in [3.63, 3.8) is 0 Å². The minimum atomic E-state index is -1.07. The number of aldehydes is 1. The molecule has 214 valence electrons. The van der Waals surface area contributed by atoms with Crippen molar-refractivity contribution < 1.29 is 29.0 Å². The largest absolute Gasteiger partial charge is 0.445 e. The number of ketones is 1. The summed E-state index contributed by atoms with van der Waals surface area (Å²) < 4.78 is 5.26. The van der Waals surface area contributed by atoms with Crippen LogP contribution in [0.2, 0.25) is 0 Å². The van der Waals surface area contributed by atoms with Crippen molar-refractivity contribution in [1.29, 1.82) is 0 Å². The SMILES string of the molecule is CC(C)C[C@@H](C=O)CC(=O)CC(O)[C@H](CC(C)C)NC(=O)[C@@H](CNC(=O)OCc1ccccc1)CC(C)C. The zero-order valence-electron chi connectivity index (χ0n) is 23.9. The highest BCUT2D eigenvalue weighted by Crippen LogP contribution is 2.19. The molecule has 1 unspecified atom stereocenters. The standard InChI is InChI=1S/C30H48N2O6/c1-20(2)12-24(18-33)15-26(34)16-28(35)27(14-22(5)6)32-29(36)25(13-21(3)4)17-31-30(37)38-19-23-10-8-7-9-11-23/h7-11,18,20-22,24-25,27-28,35H,12-17,19H2,1-6H3,(H,31,37)(H,32,36)/t24-,25-,27+,28?/m1/s1. The van der Waals surface area contributed by atoms with Gasteiger partial charge in [-0.05, 0) is 42.6 Å². The average molecular weight is 533 g/mol. The number of carbonyl (C=O) groups excluding carboxylic acids is 4. The zero-order chi connectivity index (χ0) is 28.7. The molecule has 1 aromatic carbocycles. The number of hydrogen-bond donors (Lipinski definition) is 3. The third-order valence-electron chi connectivity index (χ3n) is 6.24. The van der Waals surface area contributed by atoms with Gasteiger partial charge in [-0.2, -0.15) is 0 Å². The Bertz CT molecular complexity index is 856. The van der Waals surface area contributed by atoms with Crippen LogP contribution in [0, 0.1) is 29.6 Å². The molecular weight excluding hydrogens is 484 g/mol. The van der Waals surface area contributed by atoms with Gasteiger partial charge in [0.05, 0.1) is 18.1 Å². The smallest absolute Gasteiger partial charge is 0.407 e. The Morgan fingerprint density at radius 3 is 2.05 bits per heavy atom. The Kier molecular flexibility index (Phi) is 15.5. The molecule has 0 aliphatic heterocycles. The number of alkyl carbamates (subject to hydrolysis) is 1. The van der Waals surface area contributed by atoms with Crippen LogP contribution >= 0.6 is 0 Å². The number of carbonyl (C=O) groups is 4. The van der Waals surface area contributed by atoms with E-state index >= 15 is 0 Å². The van der Waals surface area contributed by atoms with E-state index in [1.54, 1.807) is 0 Å². The molecule has 0 aliphatic rings. The van der Waals surface area contributed by atoms with E-state index in [-0.39, 0.29) is 61.4 Å². The molecule has 0 bridgehead atoms. The first kappa shape index (κ1) is 33.3. The van der Waals surface area contributed by atoms with Crippen molar-refractivity contribution in [1.82, 2.24) is 10.6 Å². The first-order valence-corrected chi connectivity index (χ1v) is 13.8. The van der Waals surface area contributed by atoms with E-state index in [0.29, 0.717) is 19.3 Å². The van der Waals surface area contributed by atoms with Crippen molar-refractivity contribution in [2.24, 2.45) is 29.6 Å². The lowest BCUT2D eigenvalue weighted by molar-refractivity contribution is -0.129. The van der Waals surface area contributed by atoms with Crippen LogP contribution in [0.15, 0.2) is 30.3 Å². The first-order valence-electron chi connectivity index (χ1n) is 13.8. The number of aliphatic hydroxyl groups excluding tert-OH is 1. The molecule has 0 radical (unpaired) electrons. The summed E-state index contributed by atoms with van der Waals surface area (Å²) in [4.78, 5) is 49.5. The summed E-state index contributed by atoms with van der Waals surface area (Å²) in [6, 6.07) is 8.70. The highest BCUT2D eigenvalue weighted by molar-refractivity contribution is 5.82. The van der Waals surface area contributed by atoms with Crippen molar-refractivity contribution in [3.8, 4) is 0 Å². The van der Waals surface area contributed by atoms with Gasteiger partial charge in [0.25, 0.3) is 0 Å². The van der Waals surface area contributed by atoms with Crippen molar-refractivity contribution in [2.75, 3.05) is 6.54 Å². The van der Waals surface area contributed by atoms with Crippen LogP contribution in [-0.4, -0.2) is 47.9 Å².